The van der Waals surface area contributed by atoms with Crippen LogP contribution in [0.25, 0.3) is 11.0 Å². The molecule has 0 aliphatic rings. The number of nitrogens with one attached hydrogen (secondary N) is 2. The topological polar surface area (TPSA) is 76.0 Å². The molecular formula is C20H22N4O2. The van der Waals surface area contributed by atoms with E-state index in [2.05, 4.69) is 26.3 Å². The van der Waals surface area contributed by atoms with E-state index in [0.717, 1.165) is 29.8 Å². The number of benzene rings is 2. The van der Waals surface area contributed by atoms with Crippen LogP contribution in [0.3, 0.4) is 0 Å². The second-order valence-corrected chi connectivity index (χ2v) is 6.17. The highest BCUT2D eigenvalue weighted by atomic mass is 16.2. The number of amides is 2. The molecule has 3 aromatic rings. The van der Waals surface area contributed by atoms with Gasteiger partial charge in [-0.05, 0) is 49.7 Å². The van der Waals surface area contributed by atoms with Crippen molar-refractivity contribution in [3.63, 3.8) is 0 Å². The number of fused-ring (bicyclic) bond motifs is 1. The summed E-state index contributed by atoms with van der Waals surface area (Å²) < 4.78 is 2.17. The highest BCUT2D eigenvalue weighted by molar-refractivity contribution is 5.95. The van der Waals surface area contributed by atoms with Crippen molar-refractivity contribution in [2.75, 3.05) is 11.9 Å². The van der Waals surface area contributed by atoms with Gasteiger partial charge in [-0.15, -0.1) is 0 Å². The van der Waals surface area contributed by atoms with Gasteiger partial charge in [0.2, 0.25) is 5.91 Å². The first-order valence-corrected chi connectivity index (χ1v) is 8.62. The number of nitrogens with zero attached hydrogens (tertiary/aromatic N) is 2. The Hall–Kier alpha value is -3.15. The first kappa shape index (κ1) is 17.7. The molecule has 0 spiro atoms. The van der Waals surface area contributed by atoms with Gasteiger partial charge in [-0.3, -0.25) is 9.59 Å². The highest BCUT2D eigenvalue weighted by Gasteiger charge is 2.08. The van der Waals surface area contributed by atoms with E-state index in [-0.39, 0.29) is 11.8 Å². The molecule has 1 aromatic heterocycles. The molecule has 134 valence electrons. The molecule has 0 radical (unpaired) electrons. The number of hydrogen-bond acceptors (Lipinski definition) is 3. The smallest absolute Gasteiger partial charge is 0.251 e. The van der Waals surface area contributed by atoms with Gasteiger partial charge < -0.3 is 15.2 Å². The van der Waals surface area contributed by atoms with Crippen LogP contribution in [0.1, 0.15) is 29.5 Å². The van der Waals surface area contributed by atoms with Crippen LogP contribution in [0.5, 0.6) is 0 Å². The lowest BCUT2D eigenvalue weighted by molar-refractivity contribution is -0.114. The highest BCUT2D eigenvalue weighted by Crippen LogP contribution is 2.15. The van der Waals surface area contributed by atoms with Crippen molar-refractivity contribution in [2.45, 2.75) is 26.8 Å². The lowest BCUT2D eigenvalue weighted by Gasteiger charge is -2.09. The first-order valence-electron chi connectivity index (χ1n) is 8.62. The zero-order valence-electron chi connectivity index (χ0n) is 15.0. The van der Waals surface area contributed by atoms with Crippen LogP contribution in [0.4, 0.5) is 5.69 Å². The molecule has 0 unspecified atom stereocenters. The molecule has 6 nitrogen and oxygen atoms in total. The summed E-state index contributed by atoms with van der Waals surface area (Å²) in [6.07, 6.45) is 0.816. The standard InChI is InChI=1S/C20H22N4O2/c1-14-22-18-6-3-4-7-19(18)24(14)13-5-12-21-20(26)16-8-10-17(11-9-16)23-15(2)25/h3-4,6-11H,5,12-13H2,1-2H3,(H,21,26)(H,23,25). The largest absolute Gasteiger partial charge is 0.352 e. The summed E-state index contributed by atoms with van der Waals surface area (Å²) in [5, 5.41) is 5.61. The fraction of sp³-hybridized carbons (Fsp3) is 0.250. The van der Waals surface area contributed by atoms with Crippen LogP contribution < -0.4 is 10.6 Å². The molecule has 0 aliphatic heterocycles. The quantitative estimate of drug-likeness (QED) is 0.671. The molecule has 3 rings (SSSR count). The molecule has 0 aliphatic carbocycles. The number of carbonyl (C=O) groups excluding carboxylic acids is 2. The van der Waals surface area contributed by atoms with Crippen molar-refractivity contribution in [2.24, 2.45) is 0 Å². The number of anilines is 1. The minimum absolute atomic E-state index is 0.119. The third-order valence-corrected chi connectivity index (χ3v) is 4.16. The second kappa shape index (κ2) is 7.82. The Bertz CT molecular complexity index is 929. The predicted octanol–water partition coefficient (Wildman–Crippen LogP) is 3.12. The molecule has 0 saturated carbocycles. The fourth-order valence-corrected chi connectivity index (χ4v) is 2.93. The molecule has 0 fully saturated rings. The van der Waals surface area contributed by atoms with Crippen LogP contribution in [0.15, 0.2) is 48.5 Å². The lowest BCUT2D eigenvalue weighted by Crippen LogP contribution is -2.25. The Labute approximate surface area is 152 Å². The fourth-order valence-electron chi connectivity index (χ4n) is 2.93. The Morgan fingerprint density at radius 3 is 2.54 bits per heavy atom. The van der Waals surface area contributed by atoms with Gasteiger partial charge in [0.05, 0.1) is 11.0 Å². The molecule has 0 atom stereocenters. The van der Waals surface area contributed by atoms with Crippen molar-refractivity contribution in [3.05, 3.63) is 59.9 Å². The normalized spacial score (nSPS) is 10.7. The SMILES string of the molecule is CC(=O)Nc1ccc(C(=O)NCCCn2c(C)nc3ccccc32)cc1. The molecule has 2 N–H and O–H groups in total. The summed E-state index contributed by atoms with van der Waals surface area (Å²) in [5.74, 6) is 0.724. The number of aromatic nitrogens is 2. The zero-order valence-corrected chi connectivity index (χ0v) is 15.0. The van der Waals surface area contributed by atoms with E-state index in [1.165, 1.54) is 6.92 Å². The third-order valence-electron chi connectivity index (χ3n) is 4.16. The molecule has 0 saturated heterocycles. The van der Waals surface area contributed by atoms with Gasteiger partial charge in [0, 0.05) is 31.3 Å². The van der Waals surface area contributed by atoms with Crippen molar-refractivity contribution < 1.29 is 9.59 Å². The summed E-state index contributed by atoms with van der Waals surface area (Å²) in [7, 11) is 0. The average molecular weight is 350 g/mol. The summed E-state index contributed by atoms with van der Waals surface area (Å²) in [6, 6.07) is 14.9. The van der Waals surface area contributed by atoms with E-state index >= 15 is 0 Å². The summed E-state index contributed by atoms with van der Waals surface area (Å²) in [5.41, 5.74) is 3.36. The van der Waals surface area contributed by atoms with Gasteiger partial charge in [-0.1, -0.05) is 12.1 Å². The summed E-state index contributed by atoms with van der Waals surface area (Å²) >= 11 is 0. The van der Waals surface area contributed by atoms with Crippen molar-refractivity contribution in [3.8, 4) is 0 Å². The molecule has 1 heterocycles. The van der Waals surface area contributed by atoms with Gasteiger partial charge in [0.15, 0.2) is 0 Å². The number of hydrogen-bond donors (Lipinski definition) is 2. The Morgan fingerprint density at radius 2 is 1.81 bits per heavy atom. The second-order valence-electron chi connectivity index (χ2n) is 6.17. The van der Waals surface area contributed by atoms with Gasteiger partial charge in [0.25, 0.3) is 5.91 Å². The first-order chi connectivity index (χ1) is 12.5. The summed E-state index contributed by atoms with van der Waals surface area (Å²) in [4.78, 5) is 27.8. The molecule has 0 bridgehead atoms. The van der Waals surface area contributed by atoms with Crippen molar-refractivity contribution >= 4 is 28.5 Å². The molecule has 6 heteroatoms. The maximum Gasteiger partial charge on any atom is 0.251 e. The predicted molar refractivity (Wildman–Crippen MR) is 102 cm³/mol. The average Bonchev–Trinajstić information content (AvgIpc) is 2.94. The number of rotatable bonds is 6. The Morgan fingerprint density at radius 1 is 1.08 bits per heavy atom. The molecule has 2 aromatic carbocycles. The summed E-state index contributed by atoms with van der Waals surface area (Å²) in [6.45, 7) is 4.83. The van der Waals surface area contributed by atoms with Crippen LogP contribution in [-0.4, -0.2) is 27.9 Å². The number of aryl methyl sites for hydroxylation is 2. The van der Waals surface area contributed by atoms with Gasteiger partial charge in [0.1, 0.15) is 5.82 Å². The van der Waals surface area contributed by atoms with E-state index < -0.39 is 0 Å². The van der Waals surface area contributed by atoms with Crippen LogP contribution in [0, 0.1) is 6.92 Å². The van der Waals surface area contributed by atoms with Gasteiger partial charge >= 0.3 is 0 Å². The molecule has 2 amide bonds. The van der Waals surface area contributed by atoms with Gasteiger partial charge in [-0.2, -0.15) is 0 Å². The Kier molecular flexibility index (Phi) is 5.31. The third kappa shape index (κ3) is 4.08. The van der Waals surface area contributed by atoms with Gasteiger partial charge in [-0.25, -0.2) is 4.98 Å². The van der Waals surface area contributed by atoms with E-state index in [1.807, 2.05) is 25.1 Å². The maximum absolute atomic E-state index is 12.2. The monoisotopic (exact) mass is 350 g/mol. The number of imidazole rings is 1. The number of para-hydroxylation sites is 2. The van der Waals surface area contributed by atoms with Crippen LogP contribution in [0.2, 0.25) is 0 Å². The number of carbonyl (C=O) groups is 2. The van der Waals surface area contributed by atoms with E-state index in [1.54, 1.807) is 24.3 Å². The van der Waals surface area contributed by atoms with E-state index in [4.69, 9.17) is 0 Å². The van der Waals surface area contributed by atoms with Crippen molar-refractivity contribution in [1.82, 2.24) is 14.9 Å². The van der Waals surface area contributed by atoms with E-state index in [9.17, 15) is 9.59 Å². The van der Waals surface area contributed by atoms with E-state index in [0.29, 0.717) is 17.8 Å². The minimum Gasteiger partial charge on any atom is -0.352 e. The van der Waals surface area contributed by atoms with Crippen molar-refractivity contribution in [1.29, 1.82) is 0 Å². The minimum atomic E-state index is -0.135. The van der Waals surface area contributed by atoms with Crippen LogP contribution >= 0.6 is 0 Å². The van der Waals surface area contributed by atoms with Crippen LogP contribution in [-0.2, 0) is 11.3 Å². The molecule has 26 heavy (non-hydrogen) atoms. The Balaban J connectivity index is 1.52. The molecular weight excluding hydrogens is 328 g/mol. The zero-order chi connectivity index (χ0) is 18.5. The lowest BCUT2D eigenvalue weighted by atomic mass is 10.2. The maximum atomic E-state index is 12.2.